The highest BCUT2D eigenvalue weighted by molar-refractivity contribution is 7.91. The topological polar surface area (TPSA) is 83.5 Å². The van der Waals surface area contributed by atoms with Gasteiger partial charge in [-0.3, -0.25) is 4.79 Å². The molecule has 0 bridgehead atoms. The zero-order valence-electron chi connectivity index (χ0n) is 9.09. The van der Waals surface area contributed by atoms with Crippen molar-refractivity contribution in [1.29, 1.82) is 0 Å². The highest BCUT2D eigenvalue weighted by atomic mass is 32.2. The van der Waals surface area contributed by atoms with Gasteiger partial charge in [-0.05, 0) is 24.6 Å². The normalized spacial score (nSPS) is 22.2. The summed E-state index contributed by atoms with van der Waals surface area (Å²) in [6, 6.07) is 5.62. The standard InChI is InChI=1S/C11H13NO4S/c13-10-3-1-2-8(6-10)11(14)12-9-4-5-17(15,16)7-9/h1-3,6,9,13H,4-5,7H2,(H,12,14). The van der Waals surface area contributed by atoms with E-state index in [1.165, 1.54) is 12.1 Å². The van der Waals surface area contributed by atoms with Gasteiger partial charge in [0.05, 0.1) is 11.5 Å². The van der Waals surface area contributed by atoms with Crippen LogP contribution in [0.5, 0.6) is 5.75 Å². The minimum absolute atomic E-state index is 0.00242. The molecular weight excluding hydrogens is 242 g/mol. The Balaban J connectivity index is 2.03. The molecule has 17 heavy (non-hydrogen) atoms. The summed E-state index contributed by atoms with van der Waals surface area (Å²) in [6.45, 7) is 0. The van der Waals surface area contributed by atoms with Crippen LogP contribution >= 0.6 is 0 Å². The third-order valence-electron chi connectivity index (χ3n) is 2.68. The summed E-state index contributed by atoms with van der Waals surface area (Å²) in [6.07, 6.45) is 0.451. The molecule has 2 N–H and O–H groups in total. The molecule has 1 fully saturated rings. The predicted octanol–water partition coefficient (Wildman–Crippen LogP) is 0.309. The summed E-state index contributed by atoms with van der Waals surface area (Å²) >= 11 is 0. The van der Waals surface area contributed by atoms with Crippen LogP contribution in [0.3, 0.4) is 0 Å². The van der Waals surface area contributed by atoms with Crippen LogP contribution in [0.15, 0.2) is 24.3 Å². The molecule has 1 unspecified atom stereocenters. The second-order valence-corrected chi connectivity index (χ2v) is 6.35. The van der Waals surface area contributed by atoms with Crippen LogP contribution in [0.2, 0.25) is 0 Å². The van der Waals surface area contributed by atoms with Crippen molar-refractivity contribution in [2.24, 2.45) is 0 Å². The molecule has 1 aliphatic heterocycles. The third-order valence-corrected chi connectivity index (χ3v) is 4.44. The predicted molar refractivity (Wildman–Crippen MR) is 62.6 cm³/mol. The minimum atomic E-state index is -3.00. The SMILES string of the molecule is O=C(NC1CCS(=O)(=O)C1)c1cccc(O)c1. The van der Waals surface area contributed by atoms with E-state index in [0.717, 1.165) is 0 Å². The van der Waals surface area contributed by atoms with E-state index in [0.29, 0.717) is 12.0 Å². The summed E-state index contributed by atoms with van der Waals surface area (Å²) < 4.78 is 22.4. The number of carbonyl (C=O) groups excluding carboxylic acids is 1. The van der Waals surface area contributed by atoms with E-state index in [2.05, 4.69) is 5.32 Å². The molecule has 0 radical (unpaired) electrons. The number of carbonyl (C=O) groups is 1. The van der Waals surface area contributed by atoms with Gasteiger partial charge in [0, 0.05) is 11.6 Å². The molecule has 1 atom stereocenters. The summed E-state index contributed by atoms with van der Waals surface area (Å²) in [7, 11) is -3.00. The van der Waals surface area contributed by atoms with Crippen LogP contribution in [0.1, 0.15) is 16.8 Å². The lowest BCUT2D eigenvalue weighted by atomic mass is 10.2. The number of nitrogens with one attached hydrogen (secondary N) is 1. The average molecular weight is 255 g/mol. The van der Waals surface area contributed by atoms with Crippen LogP contribution in [0.4, 0.5) is 0 Å². The molecule has 0 saturated carbocycles. The van der Waals surface area contributed by atoms with Crippen molar-refractivity contribution in [1.82, 2.24) is 5.32 Å². The van der Waals surface area contributed by atoms with Crippen LogP contribution < -0.4 is 5.32 Å². The lowest BCUT2D eigenvalue weighted by Crippen LogP contribution is -2.35. The molecule has 0 aromatic heterocycles. The summed E-state index contributed by atoms with van der Waals surface area (Å²) in [4.78, 5) is 11.7. The maximum Gasteiger partial charge on any atom is 0.251 e. The molecule has 5 nitrogen and oxygen atoms in total. The van der Waals surface area contributed by atoms with Crippen LogP contribution in [0, 0.1) is 0 Å². The van der Waals surface area contributed by atoms with E-state index in [-0.39, 0.29) is 29.2 Å². The van der Waals surface area contributed by atoms with E-state index in [1.807, 2.05) is 0 Å². The highest BCUT2D eigenvalue weighted by Gasteiger charge is 2.29. The largest absolute Gasteiger partial charge is 0.508 e. The molecule has 1 heterocycles. The van der Waals surface area contributed by atoms with Gasteiger partial charge in [-0.25, -0.2) is 8.42 Å². The number of rotatable bonds is 2. The fourth-order valence-corrected chi connectivity index (χ4v) is 3.50. The summed E-state index contributed by atoms with van der Waals surface area (Å²) in [5.74, 6) is -0.227. The Bertz CT molecular complexity index is 538. The van der Waals surface area contributed by atoms with Crippen molar-refractivity contribution in [3.8, 4) is 5.75 Å². The number of aromatic hydroxyl groups is 1. The minimum Gasteiger partial charge on any atom is -0.508 e. The van der Waals surface area contributed by atoms with Crippen molar-refractivity contribution in [3.05, 3.63) is 29.8 Å². The van der Waals surface area contributed by atoms with E-state index in [4.69, 9.17) is 0 Å². The first-order valence-electron chi connectivity index (χ1n) is 5.26. The van der Waals surface area contributed by atoms with Crippen LogP contribution in [-0.4, -0.2) is 37.0 Å². The van der Waals surface area contributed by atoms with Crippen LogP contribution in [-0.2, 0) is 9.84 Å². The van der Waals surface area contributed by atoms with Gasteiger partial charge in [-0.15, -0.1) is 0 Å². The number of hydrogen-bond donors (Lipinski definition) is 2. The fraction of sp³-hybridized carbons (Fsp3) is 0.364. The second kappa shape index (κ2) is 4.37. The Kier molecular flexibility index (Phi) is 3.06. The Morgan fingerprint density at radius 3 is 2.76 bits per heavy atom. The van der Waals surface area contributed by atoms with E-state index < -0.39 is 9.84 Å². The Labute approximate surface area is 99.4 Å². The number of amides is 1. The summed E-state index contributed by atoms with van der Waals surface area (Å²) in [5, 5.41) is 11.9. The third kappa shape index (κ3) is 2.97. The number of phenolic OH excluding ortho intramolecular Hbond substituents is 1. The van der Waals surface area contributed by atoms with Gasteiger partial charge in [0.25, 0.3) is 5.91 Å². The molecule has 1 aromatic rings. The van der Waals surface area contributed by atoms with Gasteiger partial charge < -0.3 is 10.4 Å². The molecule has 0 aliphatic carbocycles. The lowest BCUT2D eigenvalue weighted by molar-refractivity contribution is 0.0940. The van der Waals surface area contributed by atoms with Gasteiger partial charge in [-0.2, -0.15) is 0 Å². The number of hydrogen-bond acceptors (Lipinski definition) is 4. The molecule has 92 valence electrons. The Hall–Kier alpha value is -1.56. The van der Waals surface area contributed by atoms with Crippen molar-refractivity contribution in [3.63, 3.8) is 0 Å². The average Bonchev–Trinajstić information content (AvgIpc) is 2.58. The number of sulfone groups is 1. The maximum absolute atomic E-state index is 11.7. The maximum atomic E-state index is 11.7. The molecule has 1 aromatic carbocycles. The first kappa shape index (κ1) is 11.9. The van der Waals surface area contributed by atoms with Gasteiger partial charge in [0.15, 0.2) is 9.84 Å². The first-order valence-corrected chi connectivity index (χ1v) is 7.09. The number of benzene rings is 1. The van der Waals surface area contributed by atoms with Crippen molar-refractivity contribution < 1.29 is 18.3 Å². The molecule has 6 heteroatoms. The lowest BCUT2D eigenvalue weighted by Gasteiger charge is -2.10. The van der Waals surface area contributed by atoms with E-state index in [1.54, 1.807) is 12.1 Å². The Morgan fingerprint density at radius 1 is 1.41 bits per heavy atom. The fourth-order valence-electron chi connectivity index (χ4n) is 1.82. The first-order chi connectivity index (χ1) is 7.96. The zero-order valence-corrected chi connectivity index (χ0v) is 9.90. The van der Waals surface area contributed by atoms with Crippen molar-refractivity contribution >= 4 is 15.7 Å². The molecule has 1 aliphatic rings. The molecular formula is C11H13NO4S. The van der Waals surface area contributed by atoms with Gasteiger partial charge in [0.2, 0.25) is 0 Å². The van der Waals surface area contributed by atoms with Crippen LogP contribution in [0.25, 0.3) is 0 Å². The molecule has 1 amide bonds. The number of phenols is 1. The second-order valence-electron chi connectivity index (χ2n) is 4.12. The molecule has 0 spiro atoms. The van der Waals surface area contributed by atoms with E-state index in [9.17, 15) is 18.3 Å². The van der Waals surface area contributed by atoms with Crippen molar-refractivity contribution in [2.75, 3.05) is 11.5 Å². The zero-order chi connectivity index (χ0) is 12.5. The Morgan fingerprint density at radius 2 is 2.18 bits per heavy atom. The highest BCUT2D eigenvalue weighted by Crippen LogP contribution is 2.14. The monoisotopic (exact) mass is 255 g/mol. The summed E-state index contributed by atoms with van der Waals surface area (Å²) in [5.41, 5.74) is 0.328. The molecule has 2 rings (SSSR count). The van der Waals surface area contributed by atoms with Gasteiger partial charge in [0.1, 0.15) is 5.75 Å². The quantitative estimate of drug-likeness (QED) is 0.796. The smallest absolute Gasteiger partial charge is 0.251 e. The van der Waals surface area contributed by atoms with Gasteiger partial charge in [-0.1, -0.05) is 6.07 Å². The van der Waals surface area contributed by atoms with Gasteiger partial charge >= 0.3 is 0 Å². The van der Waals surface area contributed by atoms with E-state index >= 15 is 0 Å². The van der Waals surface area contributed by atoms with Crippen molar-refractivity contribution in [2.45, 2.75) is 12.5 Å². The molecule has 1 saturated heterocycles.